The third-order valence-electron chi connectivity index (χ3n) is 3.38. The second kappa shape index (κ2) is 5.10. The van der Waals surface area contributed by atoms with Crippen molar-refractivity contribution in [3.05, 3.63) is 22.4 Å². The summed E-state index contributed by atoms with van der Waals surface area (Å²) in [4.78, 5) is 2.48. The van der Waals surface area contributed by atoms with Gasteiger partial charge in [0.05, 0.1) is 0 Å². The maximum absolute atomic E-state index is 5.92. The van der Waals surface area contributed by atoms with Gasteiger partial charge in [-0.15, -0.1) is 0 Å². The molecule has 0 spiro atoms. The second-order valence-corrected chi connectivity index (χ2v) is 5.40. The molecule has 3 heteroatoms. The average molecular weight is 224 g/mol. The Morgan fingerprint density at radius 1 is 1.40 bits per heavy atom. The Kier molecular flexibility index (Phi) is 3.78. The van der Waals surface area contributed by atoms with Crippen LogP contribution in [0.4, 0.5) is 0 Å². The van der Waals surface area contributed by atoms with Crippen molar-refractivity contribution in [1.29, 1.82) is 0 Å². The smallest absolute Gasteiger partial charge is 0.0241 e. The van der Waals surface area contributed by atoms with E-state index in [2.05, 4.69) is 28.8 Å². The lowest BCUT2D eigenvalue weighted by Gasteiger charge is -2.33. The van der Waals surface area contributed by atoms with Crippen LogP contribution in [0.3, 0.4) is 0 Å². The molecule has 0 amide bonds. The minimum atomic E-state index is 0.454. The first-order valence-electron chi connectivity index (χ1n) is 5.72. The van der Waals surface area contributed by atoms with Crippen LogP contribution in [0.15, 0.2) is 16.8 Å². The van der Waals surface area contributed by atoms with Gasteiger partial charge in [-0.3, -0.25) is 4.90 Å². The molecule has 1 saturated carbocycles. The van der Waals surface area contributed by atoms with E-state index in [4.69, 9.17) is 5.73 Å². The lowest BCUT2D eigenvalue weighted by molar-refractivity contribution is 0.176. The van der Waals surface area contributed by atoms with E-state index in [1.165, 1.54) is 31.2 Å². The summed E-state index contributed by atoms with van der Waals surface area (Å²) in [6.07, 6.45) is 4.92. The van der Waals surface area contributed by atoms with E-state index in [0.29, 0.717) is 6.04 Å². The molecule has 0 aliphatic heterocycles. The van der Waals surface area contributed by atoms with Crippen molar-refractivity contribution < 1.29 is 0 Å². The van der Waals surface area contributed by atoms with Gasteiger partial charge < -0.3 is 5.73 Å². The highest BCUT2D eigenvalue weighted by Gasteiger charge is 2.21. The summed E-state index contributed by atoms with van der Waals surface area (Å²) in [6.45, 7) is 1.09. The maximum atomic E-state index is 5.92. The van der Waals surface area contributed by atoms with Crippen LogP contribution >= 0.6 is 11.3 Å². The maximum Gasteiger partial charge on any atom is 0.0241 e. The Morgan fingerprint density at radius 3 is 2.73 bits per heavy atom. The van der Waals surface area contributed by atoms with E-state index in [9.17, 15) is 0 Å². The van der Waals surface area contributed by atoms with Crippen LogP contribution in [0, 0.1) is 0 Å². The highest BCUT2D eigenvalue weighted by atomic mass is 32.1. The van der Waals surface area contributed by atoms with Gasteiger partial charge in [-0.05, 0) is 55.1 Å². The number of nitrogens with two attached hydrogens (primary N) is 1. The van der Waals surface area contributed by atoms with Gasteiger partial charge in [0.2, 0.25) is 0 Å². The molecular weight excluding hydrogens is 204 g/mol. The topological polar surface area (TPSA) is 29.3 Å². The standard InChI is InChI=1S/C12H20N2S/c1-14(8-10-6-7-15-9-10)12-4-2-11(13)3-5-12/h6-7,9,11-12H,2-5,8,13H2,1H3. The molecule has 2 nitrogen and oxygen atoms in total. The molecule has 84 valence electrons. The summed E-state index contributed by atoms with van der Waals surface area (Å²) in [5.74, 6) is 0. The van der Waals surface area contributed by atoms with Gasteiger partial charge in [0, 0.05) is 18.6 Å². The first kappa shape index (κ1) is 11.1. The minimum Gasteiger partial charge on any atom is -0.328 e. The molecule has 1 aromatic heterocycles. The van der Waals surface area contributed by atoms with E-state index in [-0.39, 0.29) is 0 Å². The van der Waals surface area contributed by atoms with E-state index in [1.807, 2.05) is 0 Å². The van der Waals surface area contributed by atoms with Crippen LogP contribution in [0.5, 0.6) is 0 Å². The minimum absolute atomic E-state index is 0.454. The monoisotopic (exact) mass is 224 g/mol. The summed E-state index contributed by atoms with van der Waals surface area (Å²) in [5.41, 5.74) is 7.36. The molecule has 1 aliphatic carbocycles. The number of rotatable bonds is 3. The highest BCUT2D eigenvalue weighted by Crippen LogP contribution is 2.22. The van der Waals surface area contributed by atoms with Gasteiger partial charge in [0.15, 0.2) is 0 Å². The lowest BCUT2D eigenvalue weighted by Crippen LogP contribution is -2.38. The summed E-state index contributed by atoms with van der Waals surface area (Å²) < 4.78 is 0. The molecule has 2 N–H and O–H groups in total. The third-order valence-corrected chi connectivity index (χ3v) is 4.11. The molecule has 0 bridgehead atoms. The summed E-state index contributed by atoms with van der Waals surface area (Å²) >= 11 is 1.78. The summed E-state index contributed by atoms with van der Waals surface area (Å²) in [7, 11) is 2.24. The predicted octanol–water partition coefficient (Wildman–Crippen LogP) is 2.45. The van der Waals surface area contributed by atoms with Crippen LogP contribution in [-0.2, 0) is 6.54 Å². The van der Waals surface area contributed by atoms with E-state index >= 15 is 0 Å². The average Bonchev–Trinajstić information content (AvgIpc) is 2.71. The van der Waals surface area contributed by atoms with Crippen LogP contribution in [-0.4, -0.2) is 24.0 Å². The van der Waals surface area contributed by atoms with Crippen molar-refractivity contribution in [2.45, 2.75) is 44.3 Å². The predicted molar refractivity (Wildman–Crippen MR) is 66.0 cm³/mol. The van der Waals surface area contributed by atoms with Gasteiger partial charge >= 0.3 is 0 Å². The Morgan fingerprint density at radius 2 is 2.13 bits per heavy atom. The molecular formula is C12H20N2S. The van der Waals surface area contributed by atoms with Crippen molar-refractivity contribution >= 4 is 11.3 Å². The molecule has 0 saturated heterocycles. The molecule has 0 aromatic carbocycles. The number of nitrogens with zero attached hydrogens (tertiary/aromatic N) is 1. The zero-order valence-corrected chi connectivity index (χ0v) is 10.2. The second-order valence-electron chi connectivity index (χ2n) is 4.62. The number of hydrogen-bond acceptors (Lipinski definition) is 3. The molecule has 15 heavy (non-hydrogen) atoms. The number of hydrogen-bond donors (Lipinski definition) is 1. The summed E-state index contributed by atoms with van der Waals surface area (Å²) in [5, 5.41) is 4.39. The van der Waals surface area contributed by atoms with Gasteiger partial charge in [-0.2, -0.15) is 11.3 Å². The quantitative estimate of drug-likeness (QED) is 0.854. The van der Waals surface area contributed by atoms with E-state index in [0.717, 1.165) is 12.6 Å². The molecule has 1 heterocycles. The van der Waals surface area contributed by atoms with Crippen LogP contribution in [0.1, 0.15) is 31.2 Å². The van der Waals surface area contributed by atoms with Crippen molar-refractivity contribution in [2.75, 3.05) is 7.05 Å². The molecule has 0 atom stereocenters. The summed E-state index contributed by atoms with van der Waals surface area (Å²) in [6, 6.07) is 3.41. The van der Waals surface area contributed by atoms with Crippen molar-refractivity contribution in [1.82, 2.24) is 4.90 Å². The molecule has 0 radical (unpaired) electrons. The van der Waals surface area contributed by atoms with Gasteiger partial charge in [0.25, 0.3) is 0 Å². The van der Waals surface area contributed by atoms with E-state index in [1.54, 1.807) is 11.3 Å². The van der Waals surface area contributed by atoms with Crippen LogP contribution < -0.4 is 5.73 Å². The lowest BCUT2D eigenvalue weighted by atomic mass is 9.91. The van der Waals surface area contributed by atoms with Crippen LogP contribution in [0.2, 0.25) is 0 Å². The van der Waals surface area contributed by atoms with Crippen LogP contribution in [0.25, 0.3) is 0 Å². The normalized spacial score (nSPS) is 27.1. The fourth-order valence-corrected chi connectivity index (χ4v) is 3.00. The van der Waals surface area contributed by atoms with Crippen molar-refractivity contribution in [3.8, 4) is 0 Å². The molecule has 1 aliphatic rings. The zero-order chi connectivity index (χ0) is 10.7. The first-order valence-corrected chi connectivity index (χ1v) is 6.67. The highest BCUT2D eigenvalue weighted by molar-refractivity contribution is 7.07. The zero-order valence-electron chi connectivity index (χ0n) is 9.36. The Hall–Kier alpha value is -0.380. The molecule has 2 rings (SSSR count). The number of thiophene rings is 1. The van der Waals surface area contributed by atoms with E-state index < -0.39 is 0 Å². The van der Waals surface area contributed by atoms with Gasteiger partial charge in [0.1, 0.15) is 0 Å². The molecule has 0 unspecified atom stereocenters. The largest absolute Gasteiger partial charge is 0.328 e. The van der Waals surface area contributed by atoms with Gasteiger partial charge in [-0.25, -0.2) is 0 Å². The Labute approximate surface area is 96.1 Å². The molecule has 1 aromatic rings. The van der Waals surface area contributed by atoms with Crippen molar-refractivity contribution in [2.24, 2.45) is 5.73 Å². The fraction of sp³-hybridized carbons (Fsp3) is 0.667. The first-order chi connectivity index (χ1) is 7.25. The Balaban J connectivity index is 1.83. The Bertz CT molecular complexity index is 276. The third kappa shape index (κ3) is 3.03. The SMILES string of the molecule is CN(Cc1ccsc1)C1CCC(N)CC1. The van der Waals surface area contributed by atoms with Crippen molar-refractivity contribution in [3.63, 3.8) is 0 Å². The van der Waals surface area contributed by atoms with Gasteiger partial charge in [-0.1, -0.05) is 0 Å². The molecule has 1 fully saturated rings. The fourth-order valence-electron chi connectivity index (χ4n) is 2.34.